The SMILES string of the molecule is CCc1ccc2cc(N(C)NSC)ccc2c1.Cc1ccccc1C. The molecule has 0 radical (unpaired) electrons. The number of rotatable bonds is 4. The van der Waals surface area contributed by atoms with Crippen LogP contribution in [-0.2, 0) is 6.42 Å². The van der Waals surface area contributed by atoms with Gasteiger partial charge in [0.05, 0.1) is 5.69 Å². The van der Waals surface area contributed by atoms with E-state index in [2.05, 4.69) is 86.3 Å². The molecule has 0 spiro atoms. The van der Waals surface area contributed by atoms with Gasteiger partial charge in [-0.1, -0.05) is 67.4 Å². The molecule has 0 aliphatic rings. The van der Waals surface area contributed by atoms with Crippen molar-refractivity contribution in [1.29, 1.82) is 0 Å². The minimum absolute atomic E-state index is 1.09. The summed E-state index contributed by atoms with van der Waals surface area (Å²) in [5, 5.41) is 4.62. The summed E-state index contributed by atoms with van der Waals surface area (Å²) in [6, 6.07) is 21.6. The number of nitrogens with zero attached hydrogens (tertiary/aromatic N) is 1. The number of fused-ring (bicyclic) bond motifs is 1. The van der Waals surface area contributed by atoms with Crippen molar-refractivity contribution in [3.8, 4) is 0 Å². The Bertz CT molecular complexity index is 793. The van der Waals surface area contributed by atoms with Crippen LogP contribution in [0.1, 0.15) is 23.6 Å². The average molecular weight is 353 g/mol. The van der Waals surface area contributed by atoms with E-state index in [1.54, 1.807) is 11.9 Å². The van der Waals surface area contributed by atoms with Crippen molar-refractivity contribution in [3.63, 3.8) is 0 Å². The van der Waals surface area contributed by atoms with Crippen LogP contribution in [0.5, 0.6) is 0 Å². The van der Waals surface area contributed by atoms with Crippen LogP contribution in [0.3, 0.4) is 0 Å². The Morgan fingerprint density at radius 1 is 0.880 bits per heavy atom. The van der Waals surface area contributed by atoms with E-state index in [0.717, 1.165) is 6.42 Å². The lowest BCUT2D eigenvalue weighted by atomic mass is 10.1. The summed E-state index contributed by atoms with van der Waals surface area (Å²) in [6.45, 7) is 6.43. The molecule has 3 heteroatoms. The highest BCUT2D eigenvalue weighted by atomic mass is 32.2. The van der Waals surface area contributed by atoms with Crippen molar-refractivity contribution in [1.82, 2.24) is 4.83 Å². The molecule has 1 N–H and O–H groups in total. The highest BCUT2D eigenvalue weighted by molar-refractivity contribution is 7.96. The van der Waals surface area contributed by atoms with Crippen molar-refractivity contribution in [2.45, 2.75) is 27.2 Å². The third kappa shape index (κ3) is 5.52. The van der Waals surface area contributed by atoms with Gasteiger partial charge >= 0.3 is 0 Å². The maximum Gasteiger partial charge on any atom is 0.0531 e. The number of anilines is 1. The second kappa shape index (κ2) is 9.50. The molecule has 3 aromatic rings. The second-order valence-electron chi connectivity index (χ2n) is 6.16. The van der Waals surface area contributed by atoms with Gasteiger partial charge < -0.3 is 5.01 Å². The fourth-order valence-electron chi connectivity index (χ4n) is 2.56. The molecule has 0 bridgehead atoms. The monoisotopic (exact) mass is 352 g/mol. The van der Waals surface area contributed by atoms with Gasteiger partial charge in [0.2, 0.25) is 0 Å². The van der Waals surface area contributed by atoms with Gasteiger partial charge in [-0.15, -0.1) is 0 Å². The summed E-state index contributed by atoms with van der Waals surface area (Å²) < 4.78 is 0. The molecule has 0 heterocycles. The molecule has 3 aromatic carbocycles. The number of aryl methyl sites for hydroxylation is 3. The Morgan fingerprint density at radius 2 is 1.48 bits per heavy atom. The molecule has 3 rings (SSSR count). The minimum Gasteiger partial charge on any atom is -0.302 e. The van der Waals surface area contributed by atoms with Crippen LogP contribution in [0, 0.1) is 13.8 Å². The average Bonchev–Trinajstić information content (AvgIpc) is 2.64. The molecule has 0 aliphatic carbocycles. The lowest BCUT2D eigenvalue weighted by molar-refractivity contribution is 0.937. The summed E-state index contributed by atoms with van der Waals surface area (Å²) in [5.74, 6) is 0. The van der Waals surface area contributed by atoms with Crippen LogP contribution in [0.15, 0.2) is 60.7 Å². The lowest BCUT2D eigenvalue weighted by Gasteiger charge is -2.19. The maximum atomic E-state index is 3.20. The van der Waals surface area contributed by atoms with Gasteiger partial charge in [0, 0.05) is 7.05 Å². The first-order valence-electron chi connectivity index (χ1n) is 8.62. The summed E-state index contributed by atoms with van der Waals surface area (Å²) in [7, 11) is 2.03. The van der Waals surface area contributed by atoms with Crippen LogP contribution in [0.4, 0.5) is 5.69 Å². The van der Waals surface area contributed by atoms with Gasteiger partial charge in [-0.05, 0) is 66.1 Å². The molecule has 0 fully saturated rings. The summed E-state index contributed by atoms with van der Waals surface area (Å²) >= 11 is 1.59. The van der Waals surface area contributed by atoms with Crippen LogP contribution < -0.4 is 9.84 Å². The van der Waals surface area contributed by atoms with Crippen LogP contribution in [-0.4, -0.2) is 13.3 Å². The largest absolute Gasteiger partial charge is 0.302 e. The Hall–Kier alpha value is -1.97. The predicted molar refractivity (Wildman–Crippen MR) is 114 cm³/mol. The molecule has 0 amide bonds. The Kier molecular flexibility index (Phi) is 7.35. The third-order valence-electron chi connectivity index (χ3n) is 4.34. The lowest BCUT2D eigenvalue weighted by Crippen LogP contribution is -2.27. The van der Waals surface area contributed by atoms with E-state index in [9.17, 15) is 0 Å². The van der Waals surface area contributed by atoms with Gasteiger partial charge in [-0.25, -0.2) is 0 Å². The summed E-state index contributed by atoms with van der Waals surface area (Å²) in [4.78, 5) is 3.20. The number of hydrogen-bond donors (Lipinski definition) is 1. The number of hydrogen-bond acceptors (Lipinski definition) is 3. The molecule has 0 aliphatic heterocycles. The molecule has 0 saturated heterocycles. The molecule has 0 atom stereocenters. The van der Waals surface area contributed by atoms with Crippen LogP contribution >= 0.6 is 11.9 Å². The van der Waals surface area contributed by atoms with Crippen molar-refractivity contribution in [2.75, 3.05) is 18.3 Å². The van der Waals surface area contributed by atoms with Gasteiger partial charge in [0.15, 0.2) is 0 Å². The predicted octanol–water partition coefficient (Wildman–Crippen LogP) is 5.92. The first-order valence-corrected chi connectivity index (χ1v) is 9.85. The molecule has 0 unspecified atom stereocenters. The van der Waals surface area contributed by atoms with E-state index in [4.69, 9.17) is 0 Å². The molecule has 132 valence electrons. The smallest absolute Gasteiger partial charge is 0.0531 e. The van der Waals surface area contributed by atoms with Crippen molar-refractivity contribution < 1.29 is 0 Å². The quantitative estimate of drug-likeness (QED) is 0.463. The van der Waals surface area contributed by atoms with E-state index in [0.29, 0.717) is 0 Å². The standard InChI is InChI=1S/C14H18N2S.C8H10/c1-4-11-5-6-13-10-14(16(2)15-17-3)8-7-12(13)9-11;1-7-5-3-4-6-8(7)2/h5-10,15H,4H2,1-3H3;3-6H,1-2H3. The van der Waals surface area contributed by atoms with Crippen LogP contribution in [0.25, 0.3) is 10.8 Å². The van der Waals surface area contributed by atoms with E-state index in [1.165, 1.54) is 33.2 Å². The van der Waals surface area contributed by atoms with Gasteiger partial charge in [0.1, 0.15) is 0 Å². The van der Waals surface area contributed by atoms with Gasteiger partial charge in [-0.3, -0.25) is 0 Å². The molecule has 25 heavy (non-hydrogen) atoms. The number of hydrazine groups is 1. The Balaban J connectivity index is 0.000000236. The first-order chi connectivity index (χ1) is 12.0. The van der Waals surface area contributed by atoms with E-state index >= 15 is 0 Å². The molecule has 0 saturated carbocycles. The van der Waals surface area contributed by atoms with Gasteiger partial charge in [-0.2, -0.15) is 4.83 Å². The fourth-order valence-corrected chi connectivity index (χ4v) is 2.94. The van der Waals surface area contributed by atoms with Crippen LogP contribution in [0.2, 0.25) is 0 Å². The highest BCUT2D eigenvalue weighted by Gasteiger charge is 2.01. The minimum atomic E-state index is 1.09. The molecule has 2 nitrogen and oxygen atoms in total. The summed E-state index contributed by atoms with van der Waals surface area (Å²) in [5.41, 5.74) is 5.30. The summed E-state index contributed by atoms with van der Waals surface area (Å²) in [6.07, 6.45) is 3.11. The normalized spacial score (nSPS) is 10.3. The third-order valence-corrected chi connectivity index (χ3v) is 4.79. The van der Waals surface area contributed by atoms with E-state index in [1.807, 2.05) is 18.3 Å². The Labute approximate surface area is 156 Å². The zero-order chi connectivity index (χ0) is 18.2. The van der Waals surface area contributed by atoms with Crippen molar-refractivity contribution in [3.05, 3.63) is 77.4 Å². The zero-order valence-corrected chi connectivity index (χ0v) is 16.7. The second-order valence-corrected chi connectivity index (χ2v) is 6.75. The zero-order valence-electron chi connectivity index (χ0n) is 15.8. The topological polar surface area (TPSA) is 15.3 Å². The number of nitrogens with one attached hydrogen (secondary N) is 1. The molecular weight excluding hydrogens is 324 g/mol. The van der Waals surface area contributed by atoms with Crippen molar-refractivity contribution >= 4 is 28.4 Å². The van der Waals surface area contributed by atoms with Gasteiger partial charge in [0.25, 0.3) is 0 Å². The van der Waals surface area contributed by atoms with E-state index in [-0.39, 0.29) is 0 Å². The molecular formula is C22H28N2S. The highest BCUT2D eigenvalue weighted by Crippen LogP contribution is 2.22. The fraction of sp³-hybridized carbons (Fsp3) is 0.273. The number of benzene rings is 3. The Morgan fingerprint density at radius 3 is 2.04 bits per heavy atom. The molecule has 0 aromatic heterocycles. The van der Waals surface area contributed by atoms with Crippen molar-refractivity contribution in [2.24, 2.45) is 0 Å². The first kappa shape index (κ1) is 19.4. The van der Waals surface area contributed by atoms with E-state index < -0.39 is 0 Å². The maximum absolute atomic E-state index is 3.20.